The molecule has 0 aliphatic carbocycles. The van der Waals surface area contributed by atoms with E-state index in [4.69, 9.17) is 9.31 Å². The second-order valence-corrected chi connectivity index (χ2v) is 10.3. The summed E-state index contributed by atoms with van der Waals surface area (Å²) in [6.07, 6.45) is 0. The van der Waals surface area contributed by atoms with Gasteiger partial charge in [-0.25, -0.2) is 17.2 Å². The molecule has 5 nitrogen and oxygen atoms in total. The Morgan fingerprint density at radius 3 is 1.96 bits per heavy atom. The van der Waals surface area contributed by atoms with Gasteiger partial charge in [0.2, 0.25) is 0 Å². The van der Waals surface area contributed by atoms with Crippen molar-refractivity contribution < 1.29 is 26.5 Å². The van der Waals surface area contributed by atoms with Crippen molar-refractivity contribution in [2.45, 2.75) is 45.4 Å². The Morgan fingerprint density at radius 1 is 1.04 bits per heavy atom. The molecule has 0 aromatic heterocycles. The second-order valence-electron chi connectivity index (χ2n) is 7.98. The molecule has 1 aromatic carbocycles. The summed E-state index contributed by atoms with van der Waals surface area (Å²) in [5.74, 6) is -1.32. The summed E-state index contributed by atoms with van der Waals surface area (Å²) in [5, 5.41) is 0. The first-order valence-corrected chi connectivity index (χ1v) is 10.5. The molecule has 2 fully saturated rings. The van der Waals surface area contributed by atoms with Gasteiger partial charge in [-0.05, 0) is 45.3 Å². The molecule has 0 N–H and O–H groups in total. The molecule has 0 unspecified atom stereocenters. The van der Waals surface area contributed by atoms with Crippen LogP contribution in [0.25, 0.3) is 0 Å². The van der Waals surface area contributed by atoms with Crippen molar-refractivity contribution in [2.75, 3.05) is 24.6 Å². The van der Waals surface area contributed by atoms with E-state index in [-0.39, 0.29) is 36.7 Å². The number of rotatable bonds is 3. The lowest BCUT2D eigenvalue weighted by Gasteiger charge is -2.32. The normalized spacial score (nSPS) is 24.8. The lowest BCUT2D eigenvalue weighted by atomic mass is 9.78. The Hall–Kier alpha value is -1.03. The summed E-state index contributed by atoms with van der Waals surface area (Å²) >= 11 is 0. The fraction of sp³-hybridized carbons (Fsp3) is 0.647. The van der Waals surface area contributed by atoms with Gasteiger partial charge >= 0.3 is 7.12 Å². The molecule has 2 aliphatic rings. The van der Waals surface area contributed by atoms with E-state index in [9.17, 15) is 17.2 Å². The Morgan fingerprint density at radius 2 is 1.50 bits per heavy atom. The molecule has 0 amide bonds. The molecular formula is C17H24BF2NO4S. The molecule has 144 valence electrons. The maximum Gasteiger partial charge on any atom is 0.495 e. The minimum absolute atomic E-state index is 0.0161. The zero-order valence-corrected chi connectivity index (χ0v) is 16.3. The first-order chi connectivity index (χ1) is 11.9. The molecule has 0 bridgehead atoms. The van der Waals surface area contributed by atoms with Gasteiger partial charge in [0.1, 0.15) is 11.6 Å². The quantitative estimate of drug-likeness (QED) is 0.736. The third-order valence-electron chi connectivity index (χ3n) is 5.51. The Balaban J connectivity index is 1.77. The van der Waals surface area contributed by atoms with Crippen molar-refractivity contribution in [3.8, 4) is 0 Å². The fourth-order valence-electron chi connectivity index (χ4n) is 3.02. The second kappa shape index (κ2) is 6.54. The molecule has 0 radical (unpaired) electrons. The van der Waals surface area contributed by atoms with E-state index in [2.05, 4.69) is 0 Å². The molecule has 0 atom stereocenters. The van der Waals surface area contributed by atoms with Crippen molar-refractivity contribution in [3.05, 3.63) is 29.3 Å². The van der Waals surface area contributed by atoms with E-state index >= 15 is 0 Å². The van der Waals surface area contributed by atoms with E-state index in [0.29, 0.717) is 5.46 Å². The van der Waals surface area contributed by atoms with Gasteiger partial charge in [0.25, 0.3) is 0 Å². The number of nitrogens with zero attached hydrogens (tertiary/aromatic N) is 1. The molecule has 26 heavy (non-hydrogen) atoms. The van der Waals surface area contributed by atoms with Crippen molar-refractivity contribution in [1.82, 2.24) is 4.90 Å². The van der Waals surface area contributed by atoms with E-state index in [0.717, 1.165) is 0 Å². The molecule has 3 rings (SSSR count). The van der Waals surface area contributed by atoms with Crippen LogP contribution in [0, 0.1) is 11.6 Å². The summed E-state index contributed by atoms with van der Waals surface area (Å²) < 4.78 is 63.8. The van der Waals surface area contributed by atoms with Crippen LogP contribution in [0.15, 0.2) is 12.1 Å². The van der Waals surface area contributed by atoms with Crippen LogP contribution >= 0.6 is 0 Å². The number of benzene rings is 1. The number of halogens is 2. The summed E-state index contributed by atoms with van der Waals surface area (Å²) in [6.45, 7) is 8.09. The first-order valence-electron chi connectivity index (χ1n) is 8.66. The molecule has 2 heterocycles. The van der Waals surface area contributed by atoms with Gasteiger partial charge in [-0.15, -0.1) is 0 Å². The molecular weight excluding hydrogens is 363 g/mol. The molecule has 0 spiro atoms. The van der Waals surface area contributed by atoms with Crippen molar-refractivity contribution in [2.24, 2.45) is 0 Å². The maximum absolute atomic E-state index is 14.6. The number of sulfone groups is 1. The Bertz CT molecular complexity index is 760. The lowest BCUT2D eigenvalue weighted by molar-refractivity contribution is 0.00578. The fourth-order valence-corrected chi connectivity index (χ4v) is 4.30. The largest absolute Gasteiger partial charge is 0.495 e. The smallest absolute Gasteiger partial charge is 0.399 e. The van der Waals surface area contributed by atoms with Crippen molar-refractivity contribution in [1.29, 1.82) is 0 Å². The molecule has 2 aliphatic heterocycles. The highest BCUT2D eigenvalue weighted by Gasteiger charge is 2.52. The molecule has 1 aromatic rings. The monoisotopic (exact) mass is 387 g/mol. The standard InChI is InChI=1S/C17H24BF2NO4S/c1-16(2)17(3,4)25-18(24-16)12-9-14(19)13(15(20)10-12)11-21-5-7-26(22,23)8-6-21/h9-10H,5-8,11H2,1-4H3. The third-order valence-corrected chi connectivity index (χ3v) is 7.12. The van der Waals surface area contributed by atoms with E-state index < -0.39 is 39.8 Å². The summed E-state index contributed by atoms with van der Waals surface area (Å²) in [5.41, 5.74) is -0.960. The minimum Gasteiger partial charge on any atom is -0.399 e. The van der Waals surface area contributed by atoms with Crippen LogP contribution in [-0.4, -0.2) is 56.2 Å². The van der Waals surface area contributed by atoms with E-state index in [1.54, 1.807) is 4.90 Å². The van der Waals surface area contributed by atoms with Gasteiger partial charge in [0.05, 0.1) is 22.7 Å². The van der Waals surface area contributed by atoms with Gasteiger partial charge in [-0.2, -0.15) is 0 Å². The van der Waals surface area contributed by atoms with Crippen LogP contribution in [-0.2, 0) is 25.7 Å². The molecule has 0 saturated carbocycles. The lowest BCUT2D eigenvalue weighted by Crippen LogP contribution is -2.41. The van der Waals surface area contributed by atoms with E-state index in [1.165, 1.54) is 12.1 Å². The topological polar surface area (TPSA) is 55.8 Å². The highest BCUT2D eigenvalue weighted by Crippen LogP contribution is 2.36. The van der Waals surface area contributed by atoms with Gasteiger partial charge in [-0.3, -0.25) is 4.90 Å². The Labute approximate surface area is 153 Å². The van der Waals surface area contributed by atoms with Crippen LogP contribution in [0.2, 0.25) is 0 Å². The van der Waals surface area contributed by atoms with Crippen LogP contribution < -0.4 is 5.46 Å². The third kappa shape index (κ3) is 3.81. The SMILES string of the molecule is CC1(C)OB(c2cc(F)c(CN3CCS(=O)(=O)CC3)c(F)c2)OC1(C)C. The zero-order valence-electron chi connectivity index (χ0n) is 15.5. The van der Waals surface area contributed by atoms with Crippen LogP contribution in [0.5, 0.6) is 0 Å². The first kappa shape index (κ1) is 19.7. The summed E-state index contributed by atoms with van der Waals surface area (Å²) in [6, 6.07) is 2.47. The minimum atomic E-state index is -3.03. The van der Waals surface area contributed by atoms with Crippen LogP contribution in [0.1, 0.15) is 33.3 Å². The molecule has 2 saturated heterocycles. The van der Waals surface area contributed by atoms with Gasteiger partial charge in [-0.1, -0.05) is 0 Å². The maximum atomic E-state index is 14.6. The molecule has 9 heteroatoms. The van der Waals surface area contributed by atoms with Crippen molar-refractivity contribution >= 4 is 22.4 Å². The van der Waals surface area contributed by atoms with Gasteiger partial charge in [0, 0.05) is 25.2 Å². The summed E-state index contributed by atoms with van der Waals surface area (Å²) in [7, 11) is -3.87. The highest BCUT2D eigenvalue weighted by molar-refractivity contribution is 7.91. The predicted molar refractivity (Wildman–Crippen MR) is 96.0 cm³/mol. The average Bonchev–Trinajstić information content (AvgIpc) is 2.72. The predicted octanol–water partition coefficient (Wildman–Crippen LogP) is 1.49. The van der Waals surface area contributed by atoms with Crippen LogP contribution in [0.4, 0.5) is 8.78 Å². The van der Waals surface area contributed by atoms with Gasteiger partial charge < -0.3 is 9.31 Å². The van der Waals surface area contributed by atoms with Crippen LogP contribution in [0.3, 0.4) is 0 Å². The summed E-state index contributed by atoms with van der Waals surface area (Å²) in [4.78, 5) is 1.75. The van der Waals surface area contributed by atoms with Gasteiger partial charge in [0.15, 0.2) is 9.84 Å². The number of hydrogen-bond acceptors (Lipinski definition) is 5. The number of hydrogen-bond donors (Lipinski definition) is 0. The van der Waals surface area contributed by atoms with E-state index in [1.807, 2.05) is 27.7 Å². The zero-order chi connectivity index (χ0) is 19.3. The average molecular weight is 387 g/mol. The highest BCUT2D eigenvalue weighted by atomic mass is 32.2. The Kier molecular flexibility index (Phi) is 4.97. The van der Waals surface area contributed by atoms with Crippen molar-refractivity contribution in [3.63, 3.8) is 0 Å².